The fraction of sp³-hybridized carbons (Fsp3) is 0.389. The molecule has 1 heterocycles. The molecule has 6 nitrogen and oxygen atoms in total. The number of ether oxygens (including phenoxy) is 1. The van der Waals surface area contributed by atoms with Crippen LogP contribution in [0.2, 0.25) is 0 Å². The van der Waals surface area contributed by atoms with Gasteiger partial charge in [-0.2, -0.15) is 0 Å². The molecule has 1 aromatic rings. The summed E-state index contributed by atoms with van der Waals surface area (Å²) in [6.45, 7) is 7.65. The van der Waals surface area contributed by atoms with E-state index in [2.05, 4.69) is 28.7 Å². The molecule has 1 fully saturated rings. The second-order valence-electron chi connectivity index (χ2n) is 5.76. The fourth-order valence-corrected chi connectivity index (χ4v) is 2.61. The van der Waals surface area contributed by atoms with E-state index in [0.29, 0.717) is 11.3 Å². The molecular weight excluding hydrogens is 306 g/mol. The van der Waals surface area contributed by atoms with Crippen LogP contribution in [0.15, 0.2) is 42.7 Å². The average molecular weight is 331 g/mol. The van der Waals surface area contributed by atoms with Gasteiger partial charge in [-0.05, 0) is 31.3 Å². The number of esters is 1. The summed E-state index contributed by atoms with van der Waals surface area (Å²) in [4.78, 5) is 16.5. The van der Waals surface area contributed by atoms with Gasteiger partial charge in [-0.3, -0.25) is 0 Å². The zero-order valence-corrected chi connectivity index (χ0v) is 14.3. The van der Waals surface area contributed by atoms with Crippen LogP contribution < -0.4 is 10.2 Å². The molecule has 0 aromatic heterocycles. The number of piperazine rings is 1. The van der Waals surface area contributed by atoms with Crippen molar-refractivity contribution in [2.75, 3.05) is 57.1 Å². The molecule has 0 amide bonds. The number of carbonyl (C=O) groups excluding carboxylic acids is 1. The van der Waals surface area contributed by atoms with E-state index in [1.807, 2.05) is 12.1 Å². The van der Waals surface area contributed by atoms with E-state index in [4.69, 9.17) is 4.74 Å². The summed E-state index contributed by atoms with van der Waals surface area (Å²) in [6, 6.07) is 5.62. The number of allylic oxidation sites excluding steroid dienone is 2. The lowest BCUT2D eigenvalue weighted by Crippen LogP contribution is -2.44. The molecule has 0 unspecified atom stereocenters. The van der Waals surface area contributed by atoms with Gasteiger partial charge in [-0.15, -0.1) is 0 Å². The molecule has 0 spiro atoms. The van der Waals surface area contributed by atoms with Gasteiger partial charge in [0.15, 0.2) is 0 Å². The minimum Gasteiger partial charge on any atom is -0.510 e. The number of nitrogens with one attached hydrogen (secondary N) is 1. The predicted molar refractivity (Wildman–Crippen MR) is 96.9 cm³/mol. The number of hydrogen-bond donors (Lipinski definition) is 2. The molecule has 0 atom stereocenters. The Bertz CT molecular complexity index is 620. The first-order chi connectivity index (χ1) is 11.5. The SMILES string of the molecule is C=C/C=C(\O)CNc1cc(N2CCN(C)CC2)ccc1C(=O)OC. The topological polar surface area (TPSA) is 65.0 Å². The quantitative estimate of drug-likeness (QED) is 0.474. The Hall–Kier alpha value is -2.47. The van der Waals surface area contributed by atoms with Crippen LogP contribution in [0, 0.1) is 0 Å². The van der Waals surface area contributed by atoms with E-state index in [1.54, 1.807) is 6.07 Å². The van der Waals surface area contributed by atoms with Gasteiger partial charge in [0.25, 0.3) is 0 Å². The first-order valence-corrected chi connectivity index (χ1v) is 7.95. The molecule has 0 saturated carbocycles. The van der Waals surface area contributed by atoms with Crippen molar-refractivity contribution >= 4 is 17.3 Å². The number of carbonyl (C=O) groups is 1. The maximum absolute atomic E-state index is 12.0. The molecule has 1 aromatic carbocycles. The fourth-order valence-electron chi connectivity index (χ4n) is 2.61. The Kier molecular flexibility index (Phi) is 6.26. The number of likely N-dealkylation sites (N-methyl/N-ethyl adjacent to an activating group) is 1. The van der Waals surface area contributed by atoms with Crippen LogP contribution in [0.3, 0.4) is 0 Å². The summed E-state index contributed by atoms with van der Waals surface area (Å²) < 4.78 is 4.84. The molecule has 2 N–H and O–H groups in total. The standard InChI is InChI=1S/C18H25N3O3/c1-4-5-15(22)13-19-17-12-14(6-7-16(17)18(23)24-3)21-10-8-20(2)9-11-21/h4-7,12,19,22H,1,8-11,13H2,2-3H3/b15-5-. The monoisotopic (exact) mass is 331 g/mol. The predicted octanol–water partition coefficient (Wildman–Crippen LogP) is 2.26. The second kappa shape index (κ2) is 8.40. The first kappa shape index (κ1) is 17.9. The zero-order valence-electron chi connectivity index (χ0n) is 14.3. The molecule has 0 radical (unpaired) electrons. The van der Waals surface area contributed by atoms with Crippen molar-refractivity contribution in [2.45, 2.75) is 0 Å². The summed E-state index contributed by atoms with van der Waals surface area (Å²) in [5.41, 5.74) is 2.13. The lowest BCUT2D eigenvalue weighted by molar-refractivity contribution is 0.0602. The number of anilines is 2. The number of hydrogen-bond acceptors (Lipinski definition) is 6. The summed E-state index contributed by atoms with van der Waals surface area (Å²) in [5.74, 6) is -0.263. The minimum absolute atomic E-state index is 0.144. The van der Waals surface area contributed by atoms with Crippen molar-refractivity contribution in [1.29, 1.82) is 0 Å². The van der Waals surface area contributed by atoms with Gasteiger partial charge in [-0.1, -0.05) is 12.7 Å². The zero-order chi connectivity index (χ0) is 17.5. The highest BCUT2D eigenvalue weighted by molar-refractivity contribution is 5.96. The highest BCUT2D eigenvalue weighted by Gasteiger charge is 2.18. The maximum Gasteiger partial charge on any atom is 0.339 e. The van der Waals surface area contributed by atoms with Crippen LogP contribution >= 0.6 is 0 Å². The van der Waals surface area contributed by atoms with E-state index in [9.17, 15) is 9.90 Å². The van der Waals surface area contributed by atoms with Gasteiger partial charge >= 0.3 is 5.97 Å². The largest absolute Gasteiger partial charge is 0.510 e. The molecule has 1 aliphatic heterocycles. The van der Waals surface area contributed by atoms with Crippen LogP contribution in [0.4, 0.5) is 11.4 Å². The molecule has 130 valence electrons. The number of benzene rings is 1. The van der Waals surface area contributed by atoms with Crippen LogP contribution in [0.1, 0.15) is 10.4 Å². The van der Waals surface area contributed by atoms with Crippen molar-refractivity contribution in [3.8, 4) is 0 Å². The van der Waals surface area contributed by atoms with Gasteiger partial charge in [0.05, 0.1) is 24.9 Å². The van der Waals surface area contributed by atoms with Crippen LogP contribution in [0.25, 0.3) is 0 Å². The van der Waals surface area contributed by atoms with E-state index in [1.165, 1.54) is 19.3 Å². The Balaban J connectivity index is 2.22. The van der Waals surface area contributed by atoms with Gasteiger partial charge in [0.1, 0.15) is 5.76 Å². The van der Waals surface area contributed by atoms with Crippen molar-refractivity contribution < 1.29 is 14.6 Å². The number of aliphatic hydroxyl groups excluding tert-OH is 1. The molecule has 1 saturated heterocycles. The third-order valence-corrected chi connectivity index (χ3v) is 4.05. The summed E-state index contributed by atoms with van der Waals surface area (Å²) in [7, 11) is 3.47. The van der Waals surface area contributed by atoms with E-state index in [-0.39, 0.29) is 12.3 Å². The van der Waals surface area contributed by atoms with Gasteiger partial charge < -0.3 is 25.0 Å². The van der Waals surface area contributed by atoms with E-state index >= 15 is 0 Å². The number of aliphatic hydroxyl groups is 1. The van der Waals surface area contributed by atoms with Crippen LogP contribution in [0.5, 0.6) is 0 Å². The van der Waals surface area contributed by atoms with E-state index in [0.717, 1.165) is 31.9 Å². The normalized spacial score (nSPS) is 15.9. The Morgan fingerprint density at radius 1 is 1.38 bits per heavy atom. The van der Waals surface area contributed by atoms with Gasteiger partial charge in [0, 0.05) is 31.9 Å². The molecule has 6 heteroatoms. The third kappa shape index (κ3) is 4.52. The maximum atomic E-state index is 12.0. The number of nitrogens with zero attached hydrogens (tertiary/aromatic N) is 2. The highest BCUT2D eigenvalue weighted by atomic mass is 16.5. The van der Waals surface area contributed by atoms with Crippen LogP contribution in [-0.4, -0.2) is 62.9 Å². The second-order valence-corrected chi connectivity index (χ2v) is 5.76. The lowest BCUT2D eigenvalue weighted by Gasteiger charge is -2.34. The van der Waals surface area contributed by atoms with Crippen molar-refractivity contribution in [2.24, 2.45) is 0 Å². The molecule has 2 rings (SSSR count). The molecule has 0 aliphatic carbocycles. The smallest absolute Gasteiger partial charge is 0.339 e. The van der Waals surface area contributed by atoms with Gasteiger partial charge in [-0.25, -0.2) is 4.79 Å². The Morgan fingerprint density at radius 2 is 2.08 bits per heavy atom. The van der Waals surface area contributed by atoms with Crippen molar-refractivity contribution in [3.05, 3.63) is 48.3 Å². The van der Waals surface area contributed by atoms with Crippen LogP contribution in [-0.2, 0) is 4.74 Å². The highest BCUT2D eigenvalue weighted by Crippen LogP contribution is 2.25. The van der Waals surface area contributed by atoms with Gasteiger partial charge in [0.2, 0.25) is 0 Å². The average Bonchev–Trinajstić information content (AvgIpc) is 2.60. The van der Waals surface area contributed by atoms with Crippen molar-refractivity contribution in [3.63, 3.8) is 0 Å². The first-order valence-electron chi connectivity index (χ1n) is 7.95. The number of rotatable bonds is 6. The van der Waals surface area contributed by atoms with Crippen molar-refractivity contribution in [1.82, 2.24) is 4.90 Å². The third-order valence-electron chi connectivity index (χ3n) is 4.05. The minimum atomic E-state index is -0.408. The molecular formula is C18H25N3O3. The summed E-state index contributed by atoms with van der Waals surface area (Å²) in [5, 5.41) is 12.8. The molecule has 1 aliphatic rings. The molecule has 0 bridgehead atoms. The summed E-state index contributed by atoms with van der Waals surface area (Å²) in [6.07, 6.45) is 3.02. The lowest BCUT2D eigenvalue weighted by atomic mass is 10.1. The Labute approximate surface area is 143 Å². The Morgan fingerprint density at radius 3 is 2.71 bits per heavy atom. The number of methoxy groups -OCH3 is 1. The van der Waals surface area contributed by atoms with E-state index < -0.39 is 5.97 Å². The molecule has 24 heavy (non-hydrogen) atoms. The summed E-state index contributed by atoms with van der Waals surface area (Å²) >= 11 is 0.